The molecule has 0 aromatic heterocycles. The van der Waals surface area contributed by atoms with E-state index in [0.717, 1.165) is 5.92 Å². The van der Waals surface area contributed by atoms with Crippen molar-refractivity contribution in [1.29, 1.82) is 0 Å². The average molecular weight is 174 g/mol. The minimum atomic E-state index is 0.394. The fourth-order valence-corrected chi connectivity index (χ4v) is 2.72. The molecule has 0 heteroatoms. The molecule has 1 unspecified atom stereocenters. The number of fused-ring (bicyclic) bond motifs is 1. The van der Waals surface area contributed by atoms with Gasteiger partial charge in [0.2, 0.25) is 0 Å². The average Bonchev–Trinajstić information content (AvgIpc) is 2.39. The molecule has 1 aromatic rings. The molecular weight excluding hydrogens is 156 g/mol. The molecule has 0 saturated heterocycles. The summed E-state index contributed by atoms with van der Waals surface area (Å²) in [5, 5.41) is 0. The predicted molar refractivity (Wildman–Crippen MR) is 57.0 cm³/mol. The molecule has 0 radical (unpaired) electrons. The lowest BCUT2D eigenvalue weighted by Crippen LogP contribution is -2.23. The monoisotopic (exact) mass is 174 g/mol. The van der Waals surface area contributed by atoms with Crippen molar-refractivity contribution in [3.05, 3.63) is 35.4 Å². The Morgan fingerprint density at radius 2 is 2.00 bits per heavy atom. The number of benzene rings is 1. The second-order valence-electron chi connectivity index (χ2n) is 4.69. The maximum absolute atomic E-state index is 2.38. The largest absolute Gasteiger partial charge is 0.0651 e. The lowest BCUT2D eigenvalue weighted by molar-refractivity contribution is 0.339. The summed E-state index contributed by atoms with van der Waals surface area (Å²) < 4.78 is 0. The van der Waals surface area contributed by atoms with Crippen LogP contribution in [0.1, 0.15) is 38.3 Å². The van der Waals surface area contributed by atoms with E-state index < -0.39 is 0 Å². The highest BCUT2D eigenvalue weighted by molar-refractivity contribution is 5.39. The van der Waals surface area contributed by atoms with Gasteiger partial charge in [-0.25, -0.2) is 0 Å². The van der Waals surface area contributed by atoms with E-state index in [9.17, 15) is 0 Å². The van der Waals surface area contributed by atoms with Gasteiger partial charge < -0.3 is 0 Å². The molecule has 0 N–H and O–H groups in total. The summed E-state index contributed by atoms with van der Waals surface area (Å²) in [7, 11) is 0. The van der Waals surface area contributed by atoms with Gasteiger partial charge in [-0.05, 0) is 28.9 Å². The van der Waals surface area contributed by atoms with Crippen LogP contribution in [0.25, 0.3) is 0 Å². The molecule has 0 amide bonds. The second kappa shape index (κ2) is 2.87. The first-order chi connectivity index (χ1) is 6.16. The highest BCUT2D eigenvalue weighted by Gasteiger charge is 2.37. The SMILES string of the molecule is CCC1Cc2ccccc2C1(C)C. The highest BCUT2D eigenvalue weighted by atomic mass is 14.4. The van der Waals surface area contributed by atoms with Gasteiger partial charge in [-0.2, -0.15) is 0 Å². The minimum Gasteiger partial charge on any atom is -0.0651 e. The van der Waals surface area contributed by atoms with E-state index in [4.69, 9.17) is 0 Å². The molecule has 0 aliphatic heterocycles. The number of hydrogen-bond acceptors (Lipinski definition) is 0. The van der Waals surface area contributed by atoms with Crippen LogP contribution in [0.3, 0.4) is 0 Å². The first-order valence-electron chi connectivity index (χ1n) is 5.24. The molecular formula is C13H18. The summed E-state index contributed by atoms with van der Waals surface area (Å²) in [5.74, 6) is 0.838. The third kappa shape index (κ3) is 1.20. The summed E-state index contributed by atoms with van der Waals surface area (Å²) in [4.78, 5) is 0. The zero-order valence-electron chi connectivity index (χ0n) is 8.80. The van der Waals surface area contributed by atoms with E-state index in [1.807, 2.05) is 0 Å². The molecule has 1 aliphatic rings. The normalized spacial score (nSPS) is 24.4. The Hall–Kier alpha value is -0.780. The molecule has 1 aromatic carbocycles. The molecule has 13 heavy (non-hydrogen) atoms. The summed E-state index contributed by atoms with van der Waals surface area (Å²) >= 11 is 0. The smallest absolute Gasteiger partial charge is 0.00695 e. The number of hydrogen-bond donors (Lipinski definition) is 0. The van der Waals surface area contributed by atoms with E-state index in [2.05, 4.69) is 45.0 Å². The zero-order valence-corrected chi connectivity index (χ0v) is 8.80. The van der Waals surface area contributed by atoms with Crippen LogP contribution >= 0.6 is 0 Å². The fraction of sp³-hybridized carbons (Fsp3) is 0.538. The van der Waals surface area contributed by atoms with Crippen molar-refractivity contribution in [2.45, 2.75) is 39.0 Å². The minimum absolute atomic E-state index is 0.394. The van der Waals surface area contributed by atoms with E-state index in [1.54, 1.807) is 11.1 Å². The van der Waals surface area contributed by atoms with E-state index in [0.29, 0.717) is 5.41 Å². The standard InChI is InChI=1S/C13H18/c1-4-11-9-10-7-5-6-8-12(10)13(11,2)3/h5-8,11H,4,9H2,1-3H3. The van der Waals surface area contributed by atoms with Gasteiger partial charge >= 0.3 is 0 Å². The fourth-order valence-electron chi connectivity index (χ4n) is 2.72. The van der Waals surface area contributed by atoms with Crippen molar-refractivity contribution in [3.8, 4) is 0 Å². The van der Waals surface area contributed by atoms with Gasteiger partial charge in [0.1, 0.15) is 0 Å². The van der Waals surface area contributed by atoms with Crippen LogP contribution in [-0.2, 0) is 11.8 Å². The predicted octanol–water partition coefficient (Wildman–Crippen LogP) is 3.55. The molecule has 0 fully saturated rings. The summed E-state index contributed by atoms with van der Waals surface area (Å²) in [5.41, 5.74) is 3.53. The van der Waals surface area contributed by atoms with Gasteiger partial charge in [0.15, 0.2) is 0 Å². The molecule has 2 rings (SSSR count). The molecule has 1 aliphatic carbocycles. The molecule has 70 valence electrons. The first-order valence-corrected chi connectivity index (χ1v) is 5.24. The van der Waals surface area contributed by atoms with E-state index in [-0.39, 0.29) is 0 Å². The Morgan fingerprint density at radius 1 is 1.31 bits per heavy atom. The molecule has 0 spiro atoms. The Labute approximate surface area is 81.0 Å². The van der Waals surface area contributed by atoms with Crippen molar-refractivity contribution < 1.29 is 0 Å². The maximum atomic E-state index is 2.38. The third-order valence-electron chi connectivity index (χ3n) is 3.69. The molecule has 0 heterocycles. The summed E-state index contributed by atoms with van der Waals surface area (Å²) in [6.45, 7) is 7.07. The Morgan fingerprint density at radius 3 is 2.62 bits per heavy atom. The zero-order chi connectivity index (χ0) is 9.47. The van der Waals surface area contributed by atoms with Crippen LogP contribution in [-0.4, -0.2) is 0 Å². The van der Waals surface area contributed by atoms with E-state index >= 15 is 0 Å². The Bertz CT molecular complexity index is 310. The van der Waals surface area contributed by atoms with Crippen LogP contribution in [0.15, 0.2) is 24.3 Å². The number of rotatable bonds is 1. The summed E-state index contributed by atoms with van der Waals surface area (Å²) in [6, 6.07) is 8.91. The van der Waals surface area contributed by atoms with Gasteiger partial charge in [0, 0.05) is 0 Å². The van der Waals surface area contributed by atoms with Crippen LogP contribution < -0.4 is 0 Å². The van der Waals surface area contributed by atoms with Crippen LogP contribution in [0, 0.1) is 5.92 Å². The van der Waals surface area contributed by atoms with E-state index in [1.165, 1.54) is 12.8 Å². The highest BCUT2D eigenvalue weighted by Crippen LogP contribution is 2.43. The lowest BCUT2D eigenvalue weighted by Gasteiger charge is -2.27. The van der Waals surface area contributed by atoms with Crippen LogP contribution in [0.2, 0.25) is 0 Å². The van der Waals surface area contributed by atoms with Gasteiger partial charge in [0.05, 0.1) is 0 Å². The Kier molecular flexibility index (Phi) is 1.94. The topological polar surface area (TPSA) is 0 Å². The molecule has 1 atom stereocenters. The first kappa shape index (κ1) is 8.80. The quantitative estimate of drug-likeness (QED) is 0.611. The van der Waals surface area contributed by atoms with Gasteiger partial charge in [0.25, 0.3) is 0 Å². The Balaban J connectivity index is 2.47. The molecule has 0 bridgehead atoms. The van der Waals surface area contributed by atoms with Gasteiger partial charge in [-0.1, -0.05) is 51.5 Å². The van der Waals surface area contributed by atoms with Crippen molar-refractivity contribution in [1.82, 2.24) is 0 Å². The summed E-state index contributed by atoms with van der Waals surface area (Å²) in [6.07, 6.45) is 2.57. The van der Waals surface area contributed by atoms with Crippen molar-refractivity contribution in [3.63, 3.8) is 0 Å². The van der Waals surface area contributed by atoms with Gasteiger partial charge in [-0.15, -0.1) is 0 Å². The lowest BCUT2D eigenvalue weighted by atomic mass is 9.77. The van der Waals surface area contributed by atoms with Crippen LogP contribution in [0.5, 0.6) is 0 Å². The molecule has 0 saturated carbocycles. The van der Waals surface area contributed by atoms with Gasteiger partial charge in [-0.3, -0.25) is 0 Å². The van der Waals surface area contributed by atoms with Crippen molar-refractivity contribution >= 4 is 0 Å². The van der Waals surface area contributed by atoms with Crippen molar-refractivity contribution in [2.75, 3.05) is 0 Å². The van der Waals surface area contributed by atoms with Crippen molar-refractivity contribution in [2.24, 2.45) is 5.92 Å². The maximum Gasteiger partial charge on any atom is -0.00695 e. The molecule has 0 nitrogen and oxygen atoms in total. The third-order valence-corrected chi connectivity index (χ3v) is 3.69. The van der Waals surface area contributed by atoms with Crippen LogP contribution in [0.4, 0.5) is 0 Å². The second-order valence-corrected chi connectivity index (χ2v) is 4.69.